The third-order valence-electron chi connectivity index (χ3n) is 5.45. The highest BCUT2D eigenvalue weighted by molar-refractivity contribution is 7.88. The molecule has 1 atom stereocenters. The Balaban J connectivity index is 1.63. The summed E-state index contributed by atoms with van der Waals surface area (Å²) in [7, 11) is -0.572. The van der Waals surface area contributed by atoms with Crippen LogP contribution in [-0.4, -0.2) is 45.9 Å². The molecule has 2 aromatic carbocycles. The zero-order valence-electron chi connectivity index (χ0n) is 17.9. The van der Waals surface area contributed by atoms with Crippen LogP contribution in [0.4, 0.5) is 0 Å². The summed E-state index contributed by atoms with van der Waals surface area (Å²) in [6.45, 7) is 0.795. The zero-order valence-corrected chi connectivity index (χ0v) is 20.3. The van der Waals surface area contributed by atoms with E-state index in [0.717, 1.165) is 5.56 Å². The number of hydrogen-bond acceptors (Lipinski definition) is 5. The molecule has 0 radical (unpaired) electrons. The van der Waals surface area contributed by atoms with E-state index in [9.17, 15) is 13.2 Å². The van der Waals surface area contributed by atoms with Gasteiger partial charge in [-0.05, 0) is 42.7 Å². The van der Waals surface area contributed by atoms with Crippen LogP contribution in [0.5, 0.6) is 11.5 Å². The average Bonchev–Trinajstić information content (AvgIpc) is 2.79. The predicted octanol–water partition coefficient (Wildman–Crippen LogP) is 3.87. The Bertz CT molecular complexity index is 1060. The third kappa shape index (κ3) is 5.86. The molecular formula is C22H26Cl2N2O5S. The Morgan fingerprint density at radius 3 is 2.47 bits per heavy atom. The molecule has 2 aromatic rings. The van der Waals surface area contributed by atoms with Crippen molar-refractivity contribution >= 4 is 39.1 Å². The van der Waals surface area contributed by atoms with Gasteiger partial charge in [0.25, 0.3) is 0 Å². The molecule has 1 unspecified atom stereocenters. The number of hydrogen-bond donors (Lipinski definition) is 1. The quantitative estimate of drug-likeness (QED) is 0.594. The highest BCUT2D eigenvalue weighted by Crippen LogP contribution is 2.30. The number of methoxy groups -OCH3 is 2. The second-order valence-electron chi connectivity index (χ2n) is 7.56. The van der Waals surface area contributed by atoms with Crippen molar-refractivity contribution in [1.29, 1.82) is 0 Å². The number of benzene rings is 2. The van der Waals surface area contributed by atoms with Gasteiger partial charge in [-0.2, -0.15) is 0 Å². The van der Waals surface area contributed by atoms with Crippen molar-refractivity contribution in [3.05, 3.63) is 57.6 Å². The second kappa shape index (κ2) is 10.7. The van der Waals surface area contributed by atoms with Crippen LogP contribution in [0.15, 0.2) is 36.4 Å². The minimum absolute atomic E-state index is 0.127. The average molecular weight is 501 g/mol. The maximum atomic E-state index is 13.0. The predicted molar refractivity (Wildman–Crippen MR) is 125 cm³/mol. The van der Waals surface area contributed by atoms with Crippen molar-refractivity contribution in [3.8, 4) is 11.5 Å². The summed E-state index contributed by atoms with van der Waals surface area (Å²) in [6.07, 6.45) is 1.22. The van der Waals surface area contributed by atoms with E-state index in [0.29, 0.717) is 53.0 Å². The topological polar surface area (TPSA) is 84.9 Å². The Hall–Kier alpha value is -2.00. The van der Waals surface area contributed by atoms with E-state index in [4.69, 9.17) is 32.7 Å². The minimum atomic E-state index is -3.68. The molecule has 1 heterocycles. The summed E-state index contributed by atoms with van der Waals surface area (Å²) in [5.41, 5.74) is 1.22. The molecule has 1 aliphatic heterocycles. The molecule has 10 heteroatoms. The summed E-state index contributed by atoms with van der Waals surface area (Å²) in [5, 5.41) is 3.51. The monoisotopic (exact) mass is 500 g/mol. The molecule has 7 nitrogen and oxygen atoms in total. The van der Waals surface area contributed by atoms with Crippen LogP contribution < -0.4 is 14.8 Å². The molecular weight excluding hydrogens is 475 g/mol. The van der Waals surface area contributed by atoms with Gasteiger partial charge in [0.15, 0.2) is 11.5 Å². The lowest BCUT2D eigenvalue weighted by Crippen LogP contribution is -2.45. The fraction of sp³-hybridized carbons (Fsp3) is 0.409. The van der Waals surface area contributed by atoms with Crippen LogP contribution in [0, 0.1) is 5.92 Å². The second-order valence-corrected chi connectivity index (χ2v) is 10.3. The summed E-state index contributed by atoms with van der Waals surface area (Å²) >= 11 is 12.3. The molecule has 0 aliphatic carbocycles. The van der Waals surface area contributed by atoms with Crippen molar-refractivity contribution in [2.75, 3.05) is 27.3 Å². The maximum Gasteiger partial charge on any atom is 0.224 e. The number of sulfonamides is 1. The van der Waals surface area contributed by atoms with Gasteiger partial charge in [-0.25, -0.2) is 12.7 Å². The lowest BCUT2D eigenvalue weighted by molar-refractivity contribution is -0.126. The first-order chi connectivity index (χ1) is 15.2. The maximum absolute atomic E-state index is 13.0. The van der Waals surface area contributed by atoms with Crippen molar-refractivity contribution in [2.45, 2.75) is 25.1 Å². The van der Waals surface area contributed by atoms with E-state index in [1.807, 2.05) is 6.07 Å². The van der Waals surface area contributed by atoms with E-state index in [-0.39, 0.29) is 18.2 Å². The molecule has 3 rings (SSSR count). The van der Waals surface area contributed by atoms with Gasteiger partial charge in [-0.3, -0.25) is 4.79 Å². The van der Waals surface area contributed by atoms with Crippen LogP contribution in [0.2, 0.25) is 10.0 Å². The molecule has 1 aliphatic rings. The Morgan fingerprint density at radius 2 is 1.81 bits per heavy atom. The third-order valence-corrected chi connectivity index (χ3v) is 7.93. The SMILES string of the molecule is COc1ccc(CNC(=O)C2CCCN(S(=O)(=O)Cc3c(Cl)cccc3Cl)C2)cc1OC. The normalized spacial score (nSPS) is 17.1. The Kier molecular flexibility index (Phi) is 8.27. The molecule has 0 bridgehead atoms. The summed E-state index contributed by atoms with van der Waals surface area (Å²) in [4.78, 5) is 12.8. The Labute approximate surface area is 198 Å². The lowest BCUT2D eigenvalue weighted by atomic mass is 9.98. The van der Waals surface area contributed by atoms with Gasteiger partial charge in [0.1, 0.15) is 0 Å². The standard InChI is InChI=1S/C22H26Cl2N2O5S/c1-30-20-9-8-15(11-21(20)31-2)12-25-22(27)16-5-4-10-26(13-16)32(28,29)14-17-18(23)6-3-7-19(17)24/h3,6-9,11,16H,4-5,10,12-14H2,1-2H3,(H,25,27). The zero-order chi connectivity index (χ0) is 23.3. The molecule has 1 amide bonds. The highest BCUT2D eigenvalue weighted by Gasteiger charge is 2.33. The molecule has 0 spiro atoms. The van der Waals surface area contributed by atoms with Crippen molar-refractivity contribution in [3.63, 3.8) is 0 Å². The first kappa shape index (κ1) is 24.6. The number of nitrogens with one attached hydrogen (secondary N) is 1. The number of nitrogens with zero attached hydrogens (tertiary/aromatic N) is 1. The molecule has 1 saturated heterocycles. The van der Waals surface area contributed by atoms with Gasteiger partial charge in [0.05, 0.1) is 25.9 Å². The molecule has 0 saturated carbocycles. The summed E-state index contributed by atoms with van der Waals surface area (Å²) in [5.74, 6) is 0.267. The van der Waals surface area contributed by atoms with Gasteiger partial charge in [-0.1, -0.05) is 35.3 Å². The molecule has 1 fully saturated rings. The lowest BCUT2D eigenvalue weighted by Gasteiger charge is -2.31. The molecule has 32 heavy (non-hydrogen) atoms. The smallest absolute Gasteiger partial charge is 0.224 e. The van der Waals surface area contributed by atoms with Crippen LogP contribution in [0.1, 0.15) is 24.0 Å². The number of rotatable bonds is 8. The fourth-order valence-corrected chi connectivity index (χ4v) is 6.04. The van der Waals surface area contributed by atoms with Crippen molar-refractivity contribution in [1.82, 2.24) is 9.62 Å². The van der Waals surface area contributed by atoms with Gasteiger partial charge >= 0.3 is 0 Å². The van der Waals surface area contributed by atoms with Gasteiger partial charge in [0.2, 0.25) is 15.9 Å². The van der Waals surface area contributed by atoms with E-state index < -0.39 is 15.9 Å². The van der Waals surface area contributed by atoms with Crippen molar-refractivity contribution in [2.24, 2.45) is 5.92 Å². The van der Waals surface area contributed by atoms with E-state index in [1.54, 1.807) is 44.6 Å². The first-order valence-corrected chi connectivity index (χ1v) is 12.5. The number of amides is 1. The molecule has 0 aromatic heterocycles. The number of carbonyl (C=O) groups is 1. The number of ether oxygens (including phenoxy) is 2. The van der Waals surface area contributed by atoms with Gasteiger partial charge < -0.3 is 14.8 Å². The van der Waals surface area contributed by atoms with Gasteiger partial charge in [-0.15, -0.1) is 0 Å². The highest BCUT2D eigenvalue weighted by atomic mass is 35.5. The first-order valence-electron chi connectivity index (χ1n) is 10.1. The van der Waals surface area contributed by atoms with E-state index in [1.165, 1.54) is 4.31 Å². The largest absolute Gasteiger partial charge is 0.493 e. The number of carbonyl (C=O) groups excluding carboxylic acids is 1. The van der Waals surface area contributed by atoms with Crippen LogP contribution >= 0.6 is 23.2 Å². The van der Waals surface area contributed by atoms with Gasteiger partial charge in [0, 0.05) is 35.2 Å². The van der Waals surface area contributed by atoms with Crippen LogP contribution in [-0.2, 0) is 27.1 Å². The fourth-order valence-electron chi connectivity index (χ4n) is 3.68. The minimum Gasteiger partial charge on any atom is -0.493 e. The molecule has 1 N–H and O–H groups in total. The van der Waals surface area contributed by atoms with E-state index in [2.05, 4.69) is 5.32 Å². The van der Waals surface area contributed by atoms with Crippen LogP contribution in [0.25, 0.3) is 0 Å². The number of halogens is 2. The summed E-state index contributed by atoms with van der Waals surface area (Å²) < 4.78 is 37.8. The molecule has 174 valence electrons. The van der Waals surface area contributed by atoms with Crippen LogP contribution in [0.3, 0.4) is 0 Å². The summed E-state index contributed by atoms with van der Waals surface area (Å²) in [6, 6.07) is 10.3. The number of piperidine rings is 1. The van der Waals surface area contributed by atoms with Crippen molar-refractivity contribution < 1.29 is 22.7 Å². The Morgan fingerprint density at radius 1 is 1.12 bits per heavy atom. The van der Waals surface area contributed by atoms with E-state index >= 15 is 0 Å².